The van der Waals surface area contributed by atoms with Crippen LogP contribution in [0.25, 0.3) is 5.57 Å². The van der Waals surface area contributed by atoms with Crippen molar-refractivity contribution in [1.82, 2.24) is 15.5 Å². The third kappa shape index (κ3) is 5.03. The topological polar surface area (TPSA) is 77.2 Å². The second-order valence-corrected chi connectivity index (χ2v) is 6.76. The van der Waals surface area contributed by atoms with Crippen LogP contribution in [0.4, 0.5) is 13.2 Å². The summed E-state index contributed by atoms with van der Waals surface area (Å²) in [6.45, 7) is 3.74. The highest BCUT2D eigenvalue weighted by molar-refractivity contribution is 6.30. The molecule has 1 saturated carbocycles. The van der Waals surface area contributed by atoms with Gasteiger partial charge in [0.15, 0.2) is 6.61 Å². The van der Waals surface area contributed by atoms with E-state index in [1.807, 2.05) is 0 Å². The van der Waals surface area contributed by atoms with Crippen LogP contribution in [-0.4, -0.2) is 35.7 Å². The molecule has 0 unspecified atom stereocenters. The van der Waals surface area contributed by atoms with Gasteiger partial charge < -0.3 is 14.5 Å². The quantitative estimate of drug-likeness (QED) is 0.673. The summed E-state index contributed by atoms with van der Waals surface area (Å²) in [5.74, 6) is -1.64. The molecule has 2 aromatic rings. The second kappa shape index (κ2) is 8.64. The Hall–Kier alpha value is -2.55. The molecule has 3 rings (SSSR count). The van der Waals surface area contributed by atoms with Gasteiger partial charge in [-0.2, -0.15) is 0 Å². The Morgan fingerprint density at radius 1 is 1.43 bits per heavy atom. The van der Waals surface area contributed by atoms with Gasteiger partial charge in [-0.1, -0.05) is 18.2 Å². The molecule has 1 amide bonds. The SMILES string of the molecule is C=C(CCNC(=O)COc1ccc(Cl)c(F)c1)c1nnc([C@@H]2C[C@@H]2C(F)F)o1. The number of aromatic nitrogens is 2. The van der Waals surface area contributed by atoms with Crippen LogP contribution in [0.1, 0.15) is 30.5 Å². The van der Waals surface area contributed by atoms with E-state index in [1.54, 1.807) is 0 Å². The van der Waals surface area contributed by atoms with Crippen molar-refractivity contribution < 1.29 is 27.1 Å². The Kier molecular flexibility index (Phi) is 6.23. The van der Waals surface area contributed by atoms with Gasteiger partial charge in [-0.3, -0.25) is 4.79 Å². The highest BCUT2D eigenvalue weighted by Crippen LogP contribution is 2.50. The molecule has 1 aromatic heterocycles. The fraction of sp³-hybridized carbons (Fsp3) is 0.389. The molecule has 0 bridgehead atoms. The largest absolute Gasteiger partial charge is 0.484 e. The summed E-state index contributed by atoms with van der Waals surface area (Å²) in [7, 11) is 0. The smallest absolute Gasteiger partial charge is 0.257 e. The lowest BCUT2D eigenvalue weighted by molar-refractivity contribution is -0.123. The van der Waals surface area contributed by atoms with Crippen molar-refractivity contribution in [3.8, 4) is 5.75 Å². The molecule has 1 fully saturated rings. The van der Waals surface area contributed by atoms with Crippen molar-refractivity contribution in [2.75, 3.05) is 13.2 Å². The molecule has 28 heavy (non-hydrogen) atoms. The average Bonchev–Trinajstić information content (AvgIpc) is 3.32. The normalized spacial score (nSPS) is 18.2. The lowest BCUT2D eigenvalue weighted by atomic mass is 10.2. The van der Waals surface area contributed by atoms with Crippen molar-refractivity contribution in [2.45, 2.75) is 25.2 Å². The molecule has 1 heterocycles. The van der Waals surface area contributed by atoms with E-state index >= 15 is 0 Å². The molecule has 1 aliphatic carbocycles. The maximum absolute atomic E-state index is 13.3. The van der Waals surface area contributed by atoms with Gasteiger partial charge in [-0.05, 0) is 25.0 Å². The lowest BCUT2D eigenvalue weighted by Gasteiger charge is -2.08. The number of nitrogens with zero attached hydrogens (tertiary/aromatic N) is 2. The molecule has 1 aromatic carbocycles. The molecule has 10 heteroatoms. The Morgan fingerprint density at radius 2 is 2.21 bits per heavy atom. The Labute approximate surface area is 163 Å². The molecular formula is C18H17ClF3N3O3. The maximum atomic E-state index is 13.3. The summed E-state index contributed by atoms with van der Waals surface area (Å²) in [4.78, 5) is 11.8. The number of halogens is 4. The lowest BCUT2D eigenvalue weighted by Crippen LogP contribution is -2.29. The van der Waals surface area contributed by atoms with Gasteiger partial charge >= 0.3 is 0 Å². The summed E-state index contributed by atoms with van der Waals surface area (Å²) in [6.07, 6.45) is -1.74. The van der Waals surface area contributed by atoms with Crippen LogP contribution >= 0.6 is 11.6 Å². The van der Waals surface area contributed by atoms with E-state index in [0.29, 0.717) is 18.4 Å². The van der Waals surface area contributed by atoms with Gasteiger partial charge in [0.2, 0.25) is 18.2 Å². The van der Waals surface area contributed by atoms with Crippen LogP contribution in [0.15, 0.2) is 29.2 Å². The van der Waals surface area contributed by atoms with E-state index in [9.17, 15) is 18.0 Å². The van der Waals surface area contributed by atoms with Gasteiger partial charge in [-0.15, -0.1) is 10.2 Å². The van der Waals surface area contributed by atoms with Crippen molar-refractivity contribution in [2.24, 2.45) is 5.92 Å². The zero-order valence-corrected chi connectivity index (χ0v) is 15.4. The molecule has 2 atom stereocenters. The Balaban J connectivity index is 1.38. The molecule has 0 saturated heterocycles. The van der Waals surface area contributed by atoms with Crippen molar-refractivity contribution >= 4 is 23.1 Å². The zero-order chi connectivity index (χ0) is 20.3. The van der Waals surface area contributed by atoms with Gasteiger partial charge in [0, 0.05) is 30.0 Å². The molecule has 0 radical (unpaired) electrons. The summed E-state index contributed by atoms with van der Waals surface area (Å²) < 4.78 is 49.0. The van der Waals surface area contributed by atoms with Crippen molar-refractivity contribution in [3.63, 3.8) is 0 Å². The van der Waals surface area contributed by atoms with Gasteiger partial charge in [-0.25, -0.2) is 13.2 Å². The molecular weight excluding hydrogens is 399 g/mol. The predicted octanol–water partition coefficient (Wildman–Crippen LogP) is 3.83. The van der Waals surface area contributed by atoms with Crippen LogP contribution in [0, 0.1) is 11.7 Å². The first-order valence-corrected chi connectivity index (χ1v) is 8.87. The van der Waals surface area contributed by atoms with E-state index < -0.39 is 30.0 Å². The fourth-order valence-electron chi connectivity index (χ4n) is 2.53. The molecule has 1 aliphatic rings. The second-order valence-electron chi connectivity index (χ2n) is 6.35. The molecule has 6 nitrogen and oxygen atoms in total. The Bertz CT molecular complexity index is 875. The molecule has 0 spiro atoms. The van der Waals surface area contributed by atoms with Gasteiger partial charge in [0.25, 0.3) is 5.91 Å². The number of hydrogen-bond acceptors (Lipinski definition) is 5. The maximum Gasteiger partial charge on any atom is 0.257 e. The number of nitrogens with one attached hydrogen (secondary N) is 1. The number of benzene rings is 1. The van der Waals surface area contributed by atoms with E-state index in [2.05, 4.69) is 22.1 Å². The summed E-state index contributed by atoms with van der Waals surface area (Å²) in [5, 5.41) is 10.2. The van der Waals surface area contributed by atoms with Crippen LogP contribution in [0.3, 0.4) is 0 Å². The van der Waals surface area contributed by atoms with Crippen LogP contribution in [0.5, 0.6) is 5.75 Å². The number of amides is 1. The van der Waals surface area contributed by atoms with Crippen LogP contribution < -0.4 is 10.1 Å². The third-order valence-corrected chi connectivity index (χ3v) is 4.54. The number of carbonyl (C=O) groups is 1. The first-order valence-electron chi connectivity index (χ1n) is 8.49. The Morgan fingerprint density at radius 3 is 2.89 bits per heavy atom. The predicted molar refractivity (Wildman–Crippen MR) is 94.7 cm³/mol. The van der Waals surface area contributed by atoms with Crippen molar-refractivity contribution in [1.29, 1.82) is 0 Å². The minimum absolute atomic E-state index is 0.0362. The fourth-order valence-corrected chi connectivity index (χ4v) is 2.65. The first kappa shape index (κ1) is 20.2. The summed E-state index contributed by atoms with van der Waals surface area (Å²) >= 11 is 5.57. The summed E-state index contributed by atoms with van der Waals surface area (Å²) in [6, 6.07) is 3.87. The molecule has 150 valence electrons. The minimum Gasteiger partial charge on any atom is -0.484 e. The molecule has 1 N–H and O–H groups in total. The minimum atomic E-state index is -2.40. The first-order chi connectivity index (χ1) is 13.3. The number of hydrogen-bond donors (Lipinski definition) is 1. The zero-order valence-electron chi connectivity index (χ0n) is 14.6. The van der Waals surface area contributed by atoms with Crippen molar-refractivity contribution in [3.05, 3.63) is 47.4 Å². The van der Waals surface area contributed by atoms with E-state index in [0.717, 1.165) is 6.07 Å². The van der Waals surface area contributed by atoms with E-state index in [1.165, 1.54) is 12.1 Å². The highest BCUT2D eigenvalue weighted by Gasteiger charge is 2.48. The van der Waals surface area contributed by atoms with Gasteiger partial charge in [0.1, 0.15) is 11.6 Å². The highest BCUT2D eigenvalue weighted by atomic mass is 35.5. The monoisotopic (exact) mass is 415 g/mol. The van der Waals surface area contributed by atoms with E-state index in [-0.39, 0.29) is 35.7 Å². The van der Waals surface area contributed by atoms with Crippen LogP contribution in [0.2, 0.25) is 5.02 Å². The summed E-state index contributed by atoms with van der Waals surface area (Å²) in [5.41, 5.74) is 0.481. The number of rotatable bonds is 9. The standard InChI is InChI=1S/C18H17ClF3N3O3/c1-9(17-24-25-18(28-17)12-7-11(12)16(21)22)4-5-23-15(26)8-27-10-2-3-13(19)14(20)6-10/h2-3,6,11-12,16H,1,4-5,7-8H2,(H,23,26)/t11-,12+/m0/s1. The van der Waals surface area contributed by atoms with Crippen LogP contribution in [-0.2, 0) is 4.79 Å². The van der Waals surface area contributed by atoms with Gasteiger partial charge in [0.05, 0.1) is 5.02 Å². The average molecular weight is 416 g/mol. The molecule has 0 aliphatic heterocycles. The number of ether oxygens (including phenoxy) is 1. The number of carbonyl (C=O) groups excluding carboxylic acids is 1. The third-order valence-electron chi connectivity index (χ3n) is 4.23. The number of alkyl halides is 2. The van der Waals surface area contributed by atoms with E-state index in [4.69, 9.17) is 20.8 Å².